The van der Waals surface area contributed by atoms with Crippen LogP contribution in [0.5, 0.6) is 0 Å². The van der Waals surface area contributed by atoms with Crippen molar-refractivity contribution in [2.75, 3.05) is 20.6 Å². The van der Waals surface area contributed by atoms with Crippen LogP contribution in [0.3, 0.4) is 0 Å². The van der Waals surface area contributed by atoms with Gasteiger partial charge in [0.15, 0.2) is 0 Å². The molecule has 1 N–H and O–H groups in total. The van der Waals surface area contributed by atoms with Crippen LogP contribution >= 0.6 is 11.3 Å². The first-order valence-electron chi connectivity index (χ1n) is 5.48. The minimum atomic E-state index is -0.251. The van der Waals surface area contributed by atoms with E-state index in [0.717, 1.165) is 42.8 Å². The second-order valence-corrected chi connectivity index (χ2v) is 5.50. The maximum atomic E-state index is 9.81. The zero-order chi connectivity index (χ0) is 10.8. The van der Waals surface area contributed by atoms with E-state index in [9.17, 15) is 5.11 Å². The number of likely N-dealkylation sites (N-methyl/N-ethyl adjacent to an activating group) is 1. The van der Waals surface area contributed by atoms with Gasteiger partial charge in [-0.25, -0.2) is 4.98 Å². The molecule has 0 saturated heterocycles. The molecule has 84 valence electrons. The van der Waals surface area contributed by atoms with E-state index < -0.39 is 0 Å². The van der Waals surface area contributed by atoms with Gasteiger partial charge in [0.25, 0.3) is 0 Å². The molecule has 0 bridgehead atoms. The van der Waals surface area contributed by atoms with Gasteiger partial charge in [0.05, 0.1) is 21.7 Å². The van der Waals surface area contributed by atoms with Crippen LogP contribution in [0.25, 0.3) is 0 Å². The number of aliphatic hydroxyl groups is 1. The van der Waals surface area contributed by atoms with E-state index in [4.69, 9.17) is 0 Å². The van der Waals surface area contributed by atoms with Crippen molar-refractivity contribution >= 4 is 11.3 Å². The second-order valence-electron chi connectivity index (χ2n) is 4.38. The number of aliphatic hydroxyl groups excluding tert-OH is 1. The van der Waals surface area contributed by atoms with Crippen molar-refractivity contribution in [1.82, 2.24) is 9.88 Å². The van der Waals surface area contributed by atoms with Crippen LogP contribution in [0.1, 0.15) is 34.5 Å². The first-order chi connectivity index (χ1) is 7.16. The number of fused-ring (bicyclic) bond motifs is 1. The van der Waals surface area contributed by atoms with E-state index in [0.29, 0.717) is 0 Å². The molecule has 0 amide bonds. The molecule has 1 heterocycles. The number of hydrogen-bond acceptors (Lipinski definition) is 4. The van der Waals surface area contributed by atoms with Crippen LogP contribution in [0.4, 0.5) is 0 Å². The van der Waals surface area contributed by atoms with Gasteiger partial charge in [-0.3, -0.25) is 0 Å². The van der Waals surface area contributed by atoms with Crippen molar-refractivity contribution in [3.63, 3.8) is 0 Å². The summed E-state index contributed by atoms with van der Waals surface area (Å²) in [6, 6.07) is 0. The Hall–Kier alpha value is -0.450. The Morgan fingerprint density at radius 3 is 3.00 bits per heavy atom. The van der Waals surface area contributed by atoms with Crippen LogP contribution in [0, 0.1) is 0 Å². The van der Waals surface area contributed by atoms with Crippen molar-refractivity contribution in [2.24, 2.45) is 0 Å². The minimum Gasteiger partial charge on any atom is -0.388 e. The Morgan fingerprint density at radius 2 is 2.33 bits per heavy atom. The fourth-order valence-corrected chi connectivity index (χ4v) is 3.00. The number of thiazole rings is 1. The molecule has 0 fully saturated rings. The van der Waals surface area contributed by atoms with Gasteiger partial charge in [-0.2, -0.15) is 0 Å². The number of hydrogen-bond donors (Lipinski definition) is 1. The summed E-state index contributed by atoms with van der Waals surface area (Å²) < 4.78 is 0. The first kappa shape index (κ1) is 11.0. The average Bonchev–Trinajstić information content (AvgIpc) is 2.59. The van der Waals surface area contributed by atoms with Crippen LogP contribution in [-0.4, -0.2) is 35.6 Å². The van der Waals surface area contributed by atoms with Crippen LogP contribution < -0.4 is 0 Å². The van der Waals surface area contributed by atoms with E-state index in [1.54, 1.807) is 11.3 Å². The maximum absolute atomic E-state index is 9.81. The molecule has 3 nitrogen and oxygen atoms in total. The van der Waals surface area contributed by atoms with E-state index in [2.05, 4.69) is 24.0 Å². The summed E-state index contributed by atoms with van der Waals surface area (Å²) >= 11 is 1.70. The van der Waals surface area contributed by atoms with E-state index >= 15 is 0 Å². The Labute approximate surface area is 94.8 Å². The summed E-state index contributed by atoms with van der Waals surface area (Å²) in [5.41, 5.74) is 1.15. The molecule has 1 atom stereocenters. The van der Waals surface area contributed by atoms with Crippen molar-refractivity contribution in [1.29, 1.82) is 0 Å². The van der Waals surface area contributed by atoms with Crippen molar-refractivity contribution in [3.05, 3.63) is 15.6 Å². The number of aromatic nitrogens is 1. The SMILES string of the molecule is CN(C)CCc1nc2c(s1)C(O)CCC2. The Bertz CT molecular complexity index is 335. The highest BCUT2D eigenvalue weighted by Gasteiger charge is 2.22. The summed E-state index contributed by atoms with van der Waals surface area (Å²) in [7, 11) is 4.14. The Balaban J connectivity index is 2.08. The predicted molar refractivity (Wildman–Crippen MR) is 62.3 cm³/mol. The molecule has 15 heavy (non-hydrogen) atoms. The number of nitrogens with zero attached hydrogens (tertiary/aromatic N) is 2. The quantitative estimate of drug-likeness (QED) is 0.851. The molecule has 1 aromatic heterocycles. The lowest BCUT2D eigenvalue weighted by Crippen LogP contribution is -2.14. The topological polar surface area (TPSA) is 36.4 Å². The number of rotatable bonds is 3. The molecular weight excluding hydrogens is 208 g/mol. The van der Waals surface area contributed by atoms with Crippen LogP contribution in [-0.2, 0) is 12.8 Å². The van der Waals surface area contributed by atoms with Gasteiger partial charge < -0.3 is 10.0 Å². The van der Waals surface area contributed by atoms with Gasteiger partial charge in [0.1, 0.15) is 0 Å². The number of aryl methyl sites for hydroxylation is 1. The summed E-state index contributed by atoms with van der Waals surface area (Å²) in [6.45, 7) is 1.03. The Morgan fingerprint density at radius 1 is 1.53 bits per heavy atom. The smallest absolute Gasteiger partial charge is 0.0944 e. The fraction of sp³-hybridized carbons (Fsp3) is 0.727. The molecule has 2 rings (SSSR count). The molecule has 1 aromatic rings. The molecule has 0 spiro atoms. The second kappa shape index (κ2) is 4.60. The minimum absolute atomic E-state index is 0.251. The average molecular weight is 226 g/mol. The highest BCUT2D eigenvalue weighted by Crippen LogP contribution is 2.34. The zero-order valence-electron chi connectivity index (χ0n) is 9.36. The molecule has 4 heteroatoms. The summed E-state index contributed by atoms with van der Waals surface area (Å²) in [4.78, 5) is 7.89. The van der Waals surface area contributed by atoms with Gasteiger partial charge in [0.2, 0.25) is 0 Å². The fourth-order valence-electron chi connectivity index (χ4n) is 1.87. The predicted octanol–water partition coefficient (Wildman–Crippen LogP) is 1.62. The van der Waals surface area contributed by atoms with Gasteiger partial charge in [0, 0.05) is 13.0 Å². The van der Waals surface area contributed by atoms with E-state index in [1.165, 1.54) is 5.01 Å². The normalized spacial score (nSPS) is 20.7. The highest BCUT2D eigenvalue weighted by atomic mass is 32.1. The highest BCUT2D eigenvalue weighted by molar-refractivity contribution is 7.11. The maximum Gasteiger partial charge on any atom is 0.0944 e. The van der Waals surface area contributed by atoms with Crippen molar-refractivity contribution in [2.45, 2.75) is 31.8 Å². The molecule has 0 saturated carbocycles. The summed E-state index contributed by atoms with van der Waals surface area (Å²) in [5, 5.41) is 11.0. The lowest BCUT2D eigenvalue weighted by atomic mass is 10.0. The largest absolute Gasteiger partial charge is 0.388 e. The molecule has 0 radical (unpaired) electrons. The monoisotopic (exact) mass is 226 g/mol. The Kier molecular flexibility index (Phi) is 3.38. The van der Waals surface area contributed by atoms with Gasteiger partial charge in [-0.15, -0.1) is 11.3 Å². The summed E-state index contributed by atoms with van der Waals surface area (Å²) in [5.74, 6) is 0. The third-order valence-corrected chi connectivity index (χ3v) is 4.00. The van der Waals surface area contributed by atoms with E-state index in [1.807, 2.05) is 0 Å². The lowest BCUT2D eigenvalue weighted by Gasteiger charge is -2.14. The first-order valence-corrected chi connectivity index (χ1v) is 6.29. The molecule has 1 aliphatic carbocycles. The van der Waals surface area contributed by atoms with Gasteiger partial charge >= 0.3 is 0 Å². The van der Waals surface area contributed by atoms with Crippen LogP contribution in [0.2, 0.25) is 0 Å². The molecule has 1 aliphatic rings. The van der Waals surface area contributed by atoms with Crippen molar-refractivity contribution in [3.8, 4) is 0 Å². The standard InChI is InChI=1S/C11H18N2OS/c1-13(2)7-6-10-12-8-4-3-5-9(14)11(8)15-10/h9,14H,3-7H2,1-2H3. The van der Waals surface area contributed by atoms with Crippen molar-refractivity contribution < 1.29 is 5.11 Å². The van der Waals surface area contributed by atoms with Gasteiger partial charge in [-0.1, -0.05) is 0 Å². The third-order valence-electron chi connectivity index (χ3n) is 2.74. The molecule has 0 aliphatic heterocycles. The molecule has 0 aromatic carbocycles. The third kappa shape index (κ3) is 2.56. The molecule has 1 unspecified atom stereocenters. The van der Waals surface area contributed by atoms with Crippen LogP contribution in [0.15, 0.2) is 0 Å². The summed E-state index contributed by atoms with van der Waals surface area (Å²) in [6.07, 6.45) is 3.77. The lowest BCUT2D eigenvalue weighted by molar-refractivity contribution is 0.160. The van der Waals surface area contributed by atoms with Gasteiger partial charge in [-0.05, 0) is 33.4 Å². The zero-order valence-corrected chi connectivity index (χ0v) is 10.2. The molecular formula is C11H18N2OS. The van der Waals surface area contributed by atoms with E-state index in [-0.39, 0.29) is 6.10 Å².